The van der Waals surface area contributed by atoms with E-state index in [0.717, 1.165) is 0 Å². The van der Waals surface area contributed by atoms with Gasteiger partial charge in [-0.05, 0) is 49.4 Å². The molecule has 0 spiro atoms. The van der Waals surface area contributed by atoms with Crippen LogP contribution in [0.4, 0.5) is 5.69 Å². The van der Waals surface area contributed by atoms with Crippen molar-refractivity contribution in [3.8, 4) is 11.5 Å². The Labute approximate surface area is 155 Å². The number of anilines is 1. The summed E-state index contributed by atoms with van der Waals surface area (Å²) in [6.45, 7) is 2.38. The maximum absolute atomic E-state index is 12.5. The van der Waals surface area contributed by atoms with Crippen LogP contribution in [0.3, 0.4) is 0 Å². The highest BCUT2D eigenvalue weighted by atomic mass is 16.7. The minimum absolute atomic E-state index is 0.0236. The molecule has 0 aliphatic carbocycles. The Hall–Kier alpha value is -3.35. The number of carbonyl (C=O) groups is 3. The van der Waals surface area contributed by atoms with Gasteiger partial charge in [0.1, 0.15) is 0 Å². The Morgan fingerprint density at radius 1 is 0.963 bits per heavy atom. The van der Waals surface area contributed by atoms with Crippen molar-refractivity contribution >= 4 is 23.3 Å². The van der Waals surface area contributed by atoms with Crippen LogP contribution in [-0.4, -0.2) is 42.4 Å². The van der Waals surface area contributed by atoms with Crippen molar-refractivity contribution < 1.29 is 23.9 Å². The molecule has 7 heteroatoms. The molecule has 2 heterocycles. The van der Waals surface area contributed by atoms with Crippen molar-refractivity contribution in [1.29, 1.82) is 0 Å². The summed E-state index contributed by atoms with van der Waals surface area (Å²) in [5.41, 5.74) is 1.74. The molecule has 2 aliphatic rings. The molecule has 0 radical (unpaired) electrons. The molecule has 1 N–H and O–H groups in total. The third-order valence-electron chi connectivity index (χ3n) is 4.72. The Morgan fingerprint density at radius 3 is 2.33 bits per heavy atom. The van der Waals surface area contributed by atoms with E-state index in [0.29, 0.717) is 41.4 Å². The number of rotatable bonds is 4. The predicted octanol–water partition coefficient (Wildman–Crippen LogP) is 2.33. The maximum atomic E-state index is 12.5. The summed E-state index contributed by atoms with van der Waals surface area (Å²) in [5, 5.41) is 2.82. The van der Waals surface area contributed by atoms with Gasteiger partial charge in [-0.3, -0.25) is 14.4 Å². The van der Waals surface area contributed by atoms with Gasteiger partial charge in [-0.1, -0.05) is 0 Å². The fraction of sp³-hybridized carbons (Fsp3) is 0.250. The molecule has 27 heavy (non-hydrogen) atoms. The van der Waals surface area contributed by atoms with Gasteiger partial charge in [-0.15, -0.1) is 0 Å². The summed E-state index contributed by atoms with van der Waals surface area (Å²) in [5.74, 6) is 0.635. The fourth-order valence-corrected chi connectivity index (χ4v) is 3.05. The highest BCUT2D eigenvalue weighted by Gasteiger charge is 2.36. The third-order valence-corrected chi connectivity index (χ3v) is 4.72. The van der Waals surface area contributed by atoms with Gasteiger partial charge in [0, 0.05) is 29.9 Å². The number of nitrogens with zero attached hydrogens (tertiary/aromatic N) is 1. The van der Waals surface area contributed by atoms with Crippen LogP contribution in [0, 0.1) is 5.92 Å². The number of hydrogen-bond donors (Lipinski definition) is 1. The van der Waals surface area contributed by atoms with Crippen molar-refractivity contribution in [2.45, 2.75) is 6.92 Å². The Balaban J connectivity index is 1.32. The molecule has 2 aliphatic heterocycles. The minimum atomic E-state index is -0.254. The Kier molecular flexibility index (Phi) is 4.27. The topological polar surface area (TPSA) is 84.9 Å². The third kappa shape index (κ3) is 3.36. The predicted molar refractivity (Wildman–Crippen MR) is 97.0 cm³/mol. The summed E-state index contributed by atoms with van der Waals surface area (Å²) in [7, 11) is 0. The molecular weight excluding hydrogens is 348 g/mol. The SMILES string of the molecule is CC(=O)c1ccc(NC(=O)C2CN(C(=O)c3ccc4c(c3)OCO4)C2)cc1. The molecule has 2 amide bonds. The second-order valence-electron chi connectivity index (χ2n) is 6.60. The van der Waals surface area contributed by atoms with E-state index in [1.807, 2.05) is 0 Å². The van der Waals surface area contributed by atoms with Crippen LogP contribution in [0.15, 0.2) is 42.5 Å². The number of hydrogen-bond acceptors (Lipinski definition) is 5. The molecule has 0 atom stereocenters. The molecule has 0 bridgehead atoms. The first-order chi connectivity index (χ1) is 13.0. The lowest BCUT2D eigenvalue weighted by Gasteiger charge is -2.38. The fourth-order valence-electron chi connectivity index (χ4n) is 3.05. The molecule has 2 aromatic carbocycles. The van der Waals surface area contributed by atoms with Crippen LogP contribution in [0.2, 0.25) is 0 Å². The first-order valence-corrected chi connectivity index (χ1v) is 8.62. The lowest BCUT2D eigenvalue weighted by Crippen LogP contribution is -2.54. The average Bonchev–Trinajstić information content (AvgIpc) is 3.08. The van der Waals surface area contributed by atoms with E-state index in [4.69, 9.17) is 9.47 Å². The molecule has 0 aromatic heterocycles. The molecule has 1 fully saturated rings. The highest BCUT2D eigenvalue weighted by molar-refractivity contribution is 5.99. The number of amides is 2. The van der Waals surface area contributed by atoms with Crippen molar-refractivity contribution in [2.24, 2.45) is 5.92 Å². The monoisotopic (exact) mass is 366 g/mol. The number of fused-ring (bicyclic) bond motifs is 1. The molecular formula is C20H18N2O5. The molecule has 1 saturated heterocycles. The molecule has 0 saturated carbocycles. The number of benzene rings is 2. The number of ether oxygens (including phenoxy) is 2. The van der Waals surface area contributed by atoms with E-state index in [1.165, 1.54) is 6.92 Å². The number of nitrogens with one attached hydrogen (secondary N) is 1. The highest BCUT2D eigenvalue weighted by Crippen LogP contribution is 2.33. The van der Waals surface area contributed by atoms with Crippen molar-refractivity contribution in [3.05, 3.63) is 53.6 Å². The van der Waals surface area contributed by atoms with Gasteiger partial charge in [0.25, 0.3) is 5.91 Å². The Morgan fingerprint density at radius 2 is 1.63 bits per heavy atom. The molecule has 0 unspecified atom stereocenters. The molecule has 7 nitrogen and oxygen atoms in total. The standard InChI is InChI=1S/C20H18N2O5/c1-12(23)13-2-5-16(6-3-13)21-19(24)15-9-22(10-15)20(25)14-4-7-17-18(8-14)27-11-26-17/h2-8,15H,9-11H2,1H3,(H,21,24). The second-order valence-corrected chi connectivity index (χ2v) is 6.60. The van der Waals surface area contributed by atoms with Gasteiger partial charge in [0.05, 0.1) is 5.92 Å². The van der Waals surface area contributed by atoms with Gasteiger partial charge in [0.15, 0.2) is 17.3 Å². The van der Waals surface area contributed by atoms with E-state index in [1.54, 1.807) is 47.4 Å². The van der Waals surface area contributed by atoms with E-state index in [2.05, 4.69) is 5.32 Å². The summed E-state index contributed by atoms with van der Waals surface area (Å²) >= 11 is 0. The normalized spacial score (nSPS) is 15.2. The number of carbonyl (C=O) groups excluding carboxylic acids is 3. The first kappa shape index (κ1) is 17.1. The van der Waals surface area contributed by atoms with Crippen molar-refractivity contribution in [2.75, 3.05) is 25.2 Å². The lowest BCUT2D eigenvalue weighted by molar-refractivity contribution is -0.123. The zero-order valence-electron chi connectivity index (χ0n) is 14.7. The molecule has 4 rings (SSSR count). The zero-order chi connectivity index (χ0) is 19.0. The summed E-state index contributed by atoms with van der Waals surface area (Å²) < 4.78 is 10.5. The largest absolute Gasteiger partial charge is 0.454 e. The van der Waals surface area contributed by atoms with Crippen LogP contribution in [0.1, 0.15) is 27.6 Å². The van der Waals surface area contributed by atoms with Gasteiger partial charge in [0.2, 0.25) is 12.7 Å². The minimum Gasteiger partial charge on any atom is -0.454 e. The van der Waals surface area contributed by atoms with Gasteiger partial charge >= 0.3 is 0 Å². The van der Waals surface area contributed by atoms with Crippen LogP contribution in [0.5, 0.6) is 11.5 Å². The van der Waals surface area contributed by atoms with E-state index < -0.39 is 0 Å². The van der Waals surface area contributed by atoms with Gasteiger partial charge in [-0.25, -0.2) is 0 Å². The van der Waals surface area contributed by atoms with Crippen LogP contribution in [0.25, 0.3) is 0 Å². The number of likely N-dealkylation sites (tertiary alicyclic amines) is 1. The van der Waals surface area contributed by atoms with Crippen molar-refractivity contribution in [3.63, 3.8) is 0 Å². The zero-order valence-corrected chi connectivity index (χ0v) is 14.7. The number of ketones is 1. The van der Waals surface area contributed by atoms with Gasteiger partial charge in [-0.2, -0.15) is 0 Å². The van der Waals surface area contributed by atoms with Crippen molar-refractivity contribution in [1.82, 2.24) is 4.90 Å². The van der Waals surface area contributed by atoms with Crippen LogP contribution < -0.4 is 14.8 Å². The van der Waals surface area contributed by atoms with Crippen LogP contribution in [-0.2, 0) is 4.79 Å². The summed E-state index contributed by atoms with van der Waals surface area (Å²) in [6, 6.07) is 11.8. The van der Waals surface area contributed by atoms with E-state index in [-0.39, 0.29) is 30.3 Å². The smallest absolute Gasteiger partial charge is 0.254 e. The number of Topliss-reactive ketones (excluding diaryl/α,β-unsaturated/α-hetero) is 1. The maximum Gasteiger partial charge on any atom is 0.254 e. The first-order valence-electron chi connectivity index (χ1n) is 8.62. The average molecular weight is 366 g/mol. The quantitative estimate of drug-likeness (QED) is 0.840. The molecule has 138 valence electrons. The van der Waals surface area contributed by atoms with Crippen LogP contribution >= 0.6 is 0 Å². The lowest BCUT2D eigenvalue weighted by atomic mass is 9.97. The van der Waals surface area contributed by atoms with E-state index in [9.17, 15) is 14.4 Å². The van der Waals surface area contributed by atoms with E-state index >= 15 is 0 Å². The van der Waals surface area contributed by atoms with Gasteiger partial charge < -0.3 is 19.7 Å². The second kappa shape index (κ2) is 6.75. The summed E-state index contributed by atoms with van der Waals surface area (Å²) in [4.78, 5) is 37.7. The molecule has 2 aromatic rings. The summed E-state index contributed by atoms with van der Waals surface area (Å²) in [6.07, 6.45) is 0. The Bertz CT molecular complexity index is 916.